The van der Waals surface area contributed by atoms with E-state index < -0.39 is 20.0 Å². The Morgan fingerprint density at radius 2 is 1.08 bits per heavy atom. The number of nitrogens with zero attached hydrogens (tertiary/aromatic N) is 1. The molecule has 51 heavy (non-hydrogen) atoms. The van der Waals surface area contributed by atoms with E-state index in [1.54, 1.807) is 6.08 Å². The molecule has 0 spiro atoms. The summed E-state index contributed by atoms with van der Waals surface area (Å²) in [6.07, 6.45) is 40.6. The van der Waals surface area contributed by atoms with Crippen molar-refractivity contribution in [3.8, 4) is 0 Å². The molecular weight excluding hydrogens is 659 g/mol. The number of hydrogen-bond acceptors (Lipinski definition) is 5. The van der Waals surface area contributed by atoms with Crippen molar-refractivity contribution in [1.29, 1.82) is 0 Å². The number of aliphatic hydroxyl groups excluding tert-OH is 1. The van der Waals surface area contributed by atoms with E-state index in [-0.39, 0.29) is 19.1 Å². The standard InChI is InChI=1S/C42H81N2O6P/c1-6-8-10-12-14-16-18-20-22-24-26-28-30-32-34-36-42(46)43-40(39-50-51(47,48)49-38-37-44(3,4)5)41(45)35-33-31-29-27-25-23-21-19-17-15-13-11-9-7-2/h20,22,25,27,33,35,40-41,45H,6-19,21,23-24,26,28-32,34,36-39H2,1-5H3,(H-,43,46,47,48)/p+1/b22-20-,27-25+,35-33+. The number of quaternary nitrogens is 1. The SMILES string of the molecule is CCCCCCCC/C=C\CCCCCCCC(=O)NC(COP(=O)(O)OCC[N+](C)(C)C)C(O)/C=C/CC/C=C/CCCCCCCCCC. The normalized spacial score (nSPS) is 14.9. The average molecular weight is 742 g/mol. The molecule has 0 aliphatic heterocycles. The Labute approximate surface area is 315 Å². The molecule has 1 amide bonds. The predicted octanol–water partition coefficient (Wildman–Crippen LogP) is 11.1. The van der Waals surface area contributed by atoms with E-state index in [0.29, 0.717) is 17.4 Å². The fourth-order valence-corrected chi connectivity index (χ4v) is 6.43. The van der Waals surface area contributed by atoms with Gasteiger partial charge in [-0.25, -0.2) is 4.57 Å². The quantitative estimate of drug-likeness (QED) is 0.0253. The second-order valence-electron chi connectivity index (χ2n) is 15.4. The number of amides is 1. The molecule has 3 N–H and O–H groups in total. The lowest BCUT2D eigenvalue weighted by molar-refractivity contribution is -0.870. The van der Waals surface area contributed by atoms with E-state index in [0.717, 1.165) is 51.4 Å². The Balaban J connectivity index is 4.55. The lowest BCUT2D eigenvalue weighted by Crippen LogP contribution is -2.45. The van der Waals surface area contributed by atoms with E-state index in [1.807, 2.05) is 27.2 Å². The molecule has 0 heterocycles. The summed E-state index contributed by atoms with van der Waals surface area (Å²) < 4.78 is 23.5. The second kappa shape index (κ2) is 34.5. The summed E-state index contributed by atoms with van der Waals surface area (Å²) in [5.74, 6) is -0.198. The van der Waals surface area contributed by atoms with Crippen LogP contribution in [0.15, 0.2) is 36.5 Å². The van der Waals surface area contributed by atoms with Crippen molar-refractivity contribution in [3.05, 3.63) is 36.5 Å². The van der Waals surface area contributed by atoms with Gasteiger partial charge in [-0.05, 0) is 57.8 Å². The number of carbonyl (C=O) groups excluding carboxylic acids is 1. The molecule has 8 nitrogen and oxygen atoms in total. The van der Waals surface area contributed by atoms with Gasteiger partial charge in [-0.2, -0.15) is 0 Å². The lowest BCUT2D eigenvalue weighted by Gasteiger charge is -2.25. The van der Waals surface area contributed by atoms with Crippen LogP contribution in [0, 0.1) is 0 Å². The first-order chi connectivity index (χ1) is 24.5. The van der Waals surface area contributed by atoms with Crippen molar-refractivity contribution in [2.45, 2.75) is 187 Å². The Morgan fingerprint density at radius 1 is 0.647 bits per heavy atom. The monoisotopic (exact) mass is 742 g/mol. The third-order valence-electron chi connectivity index (χ3n) is 9.08. The van der Waals surface area contributed by atoms with Crippen LogP contribution in [0.4, 0.5) is 0 Å². The zero-order valence-electron chi connectivity index (χ0n) is 33.8. The average Bonchev–Trinajstić information content (AvgIpc) is 3.07. The fourth-order valence-electron chi connectivity index (χ4n) is 5.70. The highest BCUT2D eigenvalue weighted by atomic mass is 31.2. The second-order valence-corrected chi connectivity index (χ2v) is 16.8. The third-order valence-corrected chi connectivity index (χ3v) is 10.1. The number of allylic oxidation sites excluding steroid dienone is 5. The van der Waals surface area contributed by atoms with Gasteiger partial charge >= 0.3 is 7.82 Å². The summed E-state index contributed by atoms with van der Waals surface area (Å²) in [5, 5.41) is 13.8. The molecule has 0 aromatic rings. The Kier molecular flexibility index (Phi) is 33.6. The zero-order valence-corrected chi connectivity index (χ0v) is 34.7. The van der Waals surface area contributed by atoms with Crippen molar-refractivity contribution < 1.29 is 32.9 Å². The van der Waals surface area contributed by atoms with Crippen LogP contribution in [0.25, 0.3) is 0 Å². The largest absolute Gasteiger partial charge is 0.472 e. The van der Waals surface area contributed by atoms with Crippen LogP contribution in [-0.4, -0.2) is 73.4 Å². The molecule has 300 valence electrons. The number of likely N-dealkylation sites (N-methyl/N-ethyl adjacent to an activating group) is 1. The molecule has 0 aromatic carbocycles. The Hall–Kier alpha value is -1.28. The summed E-state index contributed by atoms with van der Waals surface area (Å²) in [6, 6.07) is -0.864. The summed E-state index contributed by atoms with van der Waals surface area (Å²) in [7, 11) is 1.55. The third kappa shape index (κ3) is 36.9. The van der Waals surface area contributed by atoms with Gasteiger partial charge in [-0.1, -0.05) is 147 Å². The van der Waals surface area contributed by atoms with Gasteiger partial charge in [0.25, 0.3) is 0 Å². The van der Waals surface area contributed by atoms with Crippen LogP contribution in [0.3, 0.4) is 0 Å². The number of phosphoric acid groups is 1. The van der Waals surface area contributed by atoms with E-state index >= 15 is 0 Å². The number of aliphatic hydroxyl groups is 1. The van der Waals surface area contributed by atoms with E-state index in [2.05, 4.69) is 43.5 Å². The van der Waals surface area contributed by atoms with Gasteiger partial charge in [-0.15, -0.1) is 0 Å². The molecule has 0 radical (unpaired) electrons. The van der Waals surface area contributed by atoms with Crippen LogP contribution < -0.4 is 5.32 Å². The summed E-state index contributed by atoms with van der Waals surface area (Å²) in [6.45, 7) is 4.76. The predicted molar refractivity (Wildman–Crippen MR) is 217 cm³/mol. The van der Waals surface area contributed by atoms with Gasteiger partial charge in [0.1, 0.15) is 13.2 Å². The fraction of sp³-hybridized carbons (Fsp3) is 0.833. The van der Waals surface area contributed by atoms with Crippen molar-refractivity contribution in [3.63, 3.8) is 0 Å². The summed E-state index contributed by atoms with van der Waals surface area (Å²) in [5.41, 5.74) is 0. The molecule has 0 saturated heterocycles. The van der Waals surface area contributed by atoms with Crippen molar-refractivity contribution in [1.82, 2.24) is 5.32 Å². The molecule has 9 heteroatoms. The van der Waals surface area contributed by atoms with Crippen molar-refractivity contribution in [2.24, 2.45) is 0 Å². The van der Waals surface area contributed by atoms with Gasteiger partial charge in [0.15, 0.2) is 0 Å². The minimum Gasteiger partial charge on any atom is -0.387 e. The van der Waals surface area contributed by atoms with Gasteiger partial charge in [0, 0.05) is 6.42 Å². The van der Waals surface area contributed by atoms with Crippen LogP contribution in [0.1, 0.15) is 174 Å². The van der Waals surface area contributed by atoms with Gasteiger partial charge in [0.2, 0.25) is 5.91 Å². The topological polar surface area (TPSA) is 105 Å². The van der Waals surface area contributed by atoms with Crippen molar-refractivity contribution >= 4 is 13.7 Å². The minimum absolute atomic E-state index is 0.0544. The number of phosphoric ester groups is 1. The van der Waals surface area contributed by atoms with Gasteiger partial charge in [0.05, 0.1) is 39.9 Å². The molecule has 3 atom stereocenters. The molecule has 0 bridgehead atoms. The molecule has 0 rings (SSSR count). The maximum Gasteiger partial charge on any atom is 0.472 e. The maximum atomic E-state index is 12.8. The Bertz CT molecular complexity index is 933. The first-order valence-electron chi connectivity index (χ1n) is 20.9. The van der Waals surface area contributed by atoms with Crippen LogP contribution in [0.2, 0.25) is 0 Å². The van der Waals surface area contributed by atoms with Crippen LogP contribution in [0.5, 0.6) is 0 Å². The maximum absolute atomic E-state index is 12.8. The number of hydrogen-bond donors (Lipinski definition) is 3. The summed E-state index contributed by atoms with van der Waals surface area (Å²) in [4.78, 5) is 23.0. The molecule has 0 saturated carbocycles. The van der Waals surface area contributed by atoms with Gasteiger partial charge < -0.3 is 19.8 Å². The molecule has 0 aromatic heterocycles. The minimum atomic E-state index is -4.34. The number of nitrogens with one attached hydrogen (secondary N) is 1. The molecule has 0 aliphatic rings. The van der Waals surface area contributed by atoms with Crippen LogP contribution >= 0.6 is 7.82 Å². The smallest absolute Gasteiger partial charge is 0.387 e. The van der Waals surface area contributed by atoms with E-state index in [9.17, 15) is 19.4 Å². The number of rotatable bonds is 37. The van der Waals surface area contributed by atoms with E-state index in [4.69, 9.17) is 9.05 Å². The Morgan fingerprint density at radius 3 is 1.57 bits per heavy atom. The highest BCUT2D eigenvalue weighted by molar-refractivity contribution is 7.47. The highest BCUT2D eigenvalue weighted by Crippen LogP contribution is 2.43. The first-order valence-corrected chi connectivity index (χ1v) is 22.4. The van der Waals surface area contributed by atoms with Crippen molar-refractivity contribution in [2.75, 3.05) is 40.9 Å². The molecule has 3 unspecified atom stereocenters. The number of unbranched alkanes of at least 4 members (excludes halogenated alkanes) is 20. The molecule has 0 aliphatic carbocycles. The number of carbonyl (C=O) groups is 1. The molecular formula is C42H82N2O6P+. The first kappa shape index (κ1) is 49.7. The van der Waals surface area contributed by atoms with Crippen LogP contribution in [-0.2, 0) is 18.4 Å². The highest BCUT2D eigenvalue weighted by Gasteiger charge is 2.27. The lowest BCUT2D eigenvalue weighted by atomic mass is 10.1. The van der Waals surface area contributed by atoms with E-state index in [1.165, 1.54) is 103 Å². The zero-order chi connectivity index (χ0) is 37.9. The van der Waals surface area contributed by atoms with Gasteiger partial charge in [-0.3, -0.25) is 13.8 Å². The summed E-state index contributed by atoms with van der Waals surface area (Å²) >= 11 is 0. The molecule has 0 fully saturated rings.